The predicted molar refractivity (Wildman–Crippen MR) is 66.5 cm³/mol. The molecule has 0 atom stereocenters. The van der Waals surface area contributed by atoms with E-state index in [0.717, 1.165) is 11.4 Å². The number of nitrogens with zero attached hydrogens (tertiary/aromatic N) is 3. The van der Waals surface area contributed by atoms with Crippen molar-refractivity contribution in [3.8, 4) is 5.69 Å². The first-order valence-corrected chi connectivity index (χ1v) is 5.57. The number of carbonyl (C=O) groups is 1. The first kappa shape index (κ1) is 12.1. The van der Waals surface area contributed by atoms with E-state index in [4.69, 9.17) is 10.5 Å². The molecular formula is C12H14N4O2. The minimum Gasteiger partial charge on any atom is -0.461 e. The van der Waals surface area contributed by atoms with Gasteiger partial charge in [-0.05, 0) is 26.0 Å². The number of carbonyl (C=O) groups excluding carboxylic acids is 1. The van der Waals surface area contributed by atoms with Crippen LogP contribution in [-0.2, 0) is 4.74 Å². The standard InChI is InChI=1S/C12H14N4O2/c1-3-18-12(17)11-10(13)7-16(15-11)9-4-5-14-8(2)6-9/h4-7H,3,13H2,1-2H3. The van der Waals surface area contributed by atoms with Crippen molar-refractivity contribution in [3.63, 3.8) is 0 Å². The summed E-state index contributed by atoms with van der Waals surface area (Å²) < 4.78 is 6.41. The number of ether oxygens (including phenoxy) is 1. The third kappa shape index (κ3) is 2.32. The van der Waals surface area contributed by atoms with Crippen LogP contribution in [0.1, 0.15) is 23.1 Å². The van der Waals surface area contributed by atoms with Gasteiger partial charge in [0.25, 0.3) is 0 Å². The molecule has 2 aromatic rings. The topological polar surface area (TPSA) is 83.0 Å². The molecule has 2 heterocycles. The maximum Gasteiger partial charge on any atom is 0.361 e. The first-order chi connectivity index (χ1) is 8.61. The van der Waals surface area contributed by atoms with Crippen LogP contribution in [0.2, 0.25) is 0 Å². The summed E-state index contributed by atoms with van der Waals surface area (Å²) in [7, 11) is 0. The van der Waals surface area contributed by atoms with Gasteiger partial charge in [-0.3, -0.25) is 4.98 Å². The molecule has 0 amide bonds. The number of pyridine rings is 1. The number of hydrogen-bond acceptors (Lipinski definition) is 5. The molecule has 2 aromatic heterocycles. The van der Waals surface area contributed by atoms with E-state index >= 15 is 0 Å². The van der Waals surface area contributed by atoms with Gasteiger partial charge in [-0.1, -0.05) is 0 Å². The second-order valence-corrected chi connectivity index (χ2v) is 3.75. The summed E-state index contributed by atoms with van der Waals surface area (Å²) in [5.74, 6) is -0.514. The Bertz CT molecular complexity index is 577. The molecular weight excluding hydrogens is 232 g/mol. The van der Waals surface area contributed by atoms with E-state index in [0.29, 0.717) is 12.3 Å². The molecule has 18 heavy (non-hydrogen) atoms. The molecule has 0 aliphatic rings. The van der Waals surface area contributed by atoms with Crippen molar-refractivity contribution in [3.05, 3.63) is 35.9 Å². The number of esters is 1. The van der Waals surface area contributed by atoms with Crippen molar-refractivity contribution < 1.29 is 9.53 Å². The summed E-state index contributed by atoms with van der Waals surface area (Å²) in [6.07, 6.45) is 3.26. The van der Waals surface area contributed by atoms with Crippen LogP contribution in [0, 0.1) is 6.92 Å². The molecule has 0 saturated heterocycles. The van der Waals surface area contributed by atoms with Crippen LogP contribution in [-0.4, -0.2) is 27.3 Å². The van der Waals surface area contributed by atoms with Crippen LogP contribution in [0.4, 0.5) is 5.69 Å². The Morgan fingerprint density at radius 3 is 3.00 bits per heavy atom. The van der Waals surface area contributed by atoms with E-state index in [9.17, 15) is 4.79 Å². The van der Waals surface area contributed by atoms with Crippen molar-refractivity contribution in [1.29, 1.82) is 0 Å². The third-order valence-electron chi connectivity index (χ3n) is 2.36. The smallest absolute Gasteiger partial charge is 0.361 e. The molecule has 0 saturated carbocycles. The highest BCUT2D eigenvalue weighted by Crippen LogP contribution is 2.15. The summed E-state index contributed by atoms with van der Waals surface area (Å²) in [5.41, 5.74) is 7.83. The molecule has 6 nitrogen and oxygen atoms in total. The van der Waals surface area contributed by atoms with Crippen molar-refractivity contribution >= 4 is 11.7 Å². The highest BCUT2D eigenvalue weighted by atomic mass is 16.5. The highest BCUT2D eigenvalue weighted by molar-refractivity contribution is 5.92. The summed E-state index contributed by atoms with van der Waals surface area (Å²) in [6, 6.07) is 3.63. The summed E-state index contributed by atoms with van der Waals surface area (Å²) in [5, 5.41) is 4.13. The van der Waals surface area contributed by atoms with E-state index in [1.54, 1.807) is 25.4 Å². The van der Waals surface area contributed by atoms with E-state index in [1.807, 2.05) is 13.0 Å². The average Bonchev–Trinajstić information content (AvgIpc) is 2.72. The SMILES string of the molecule is CCOC(=O)c1nn(-c2ccnc(C)c2)cc1N. The maximum absolute atomic E-state index is 11.6. The number of nitrogen functional groups attached to an aromatic ring is 1. The van der Waals surface area contributed by atoms with Gasteiger partial charge in [0.15, 0.2) is 5.69 Å². The van der Waals surface area contributed by atoms with Gasteiger partial charge < -0.3 is 10.5 Å². The molecule has 2 rings (SSSR count). The molecule has 0 aliphatic carbocycles. The lowest BCUT2D eigenvalue weighted by atomic mass is 10.3. The molecule has 2 N–H and O–H groups in total. The van der Waals surface area contributed by atoms with E-state index in [1.165, 1.54) is 4.68 Å². The lowest BCUT2D eigenvalue weighted by Crippen LogP contribution is -2.08. The Kier molecular flexibility index (Phi) is 3.27. The molecule has 0 spiro atoms. The molecule has 0 aliphatic heterocycles. The molecule has 6 heteroatoms. The summed E-state index contributed by atoms with van der Waals surface area (Å²) in [6.45, 7) is 3.90. The zero-order chi connectivity index (χ0) is 13.1. The van der Waals surface area contributed by atoms with Crippen molar-refractivity contribution in [2.24, 2.45) is 0 Å². The third-order valence-corrected chi connectivity index (χ3v) is 2.36. The molecule has 0 aromatic carbocycles. The largest absolute Gasteiger partial charge is 0.461 e. The normalized spacial score (nSPS) is 10.3. The van der Waals surface area contributed by atoms with Crippen LogP contribution in [0.3, 0.4) is 0 Å². The molecule has 0 radical (unpaired) electrons. The van der Waals surface area contributed by atoms with Gasteiger partial charge in [0.2, 0.25) is 0 Å². The summed E-state index contributed by atoms with van der Waals surface area (Å²) in [4.78, 5) is 15.7. The lowest BCUT2D eigenvalue weighted by molar-refractivity contribution is 0.0520. The highest BCUT2D eigenvalue weighted by Gasteiger charge is 2.16. The Morgan fingerprint density at radius 1 is 1.56 bits per heavy atom. The minimum absolute atomic E-state index is 0.131. The van der Waals surface area contributed by atoms with Gasteiger partial charge in [0.1, 0.15) is 0 Å². The quantitative estimate of drug-likeness (QED) is 0.826. The predicted octanol–water partition coefficient (Wildman–Crippen LogP) is 1.33. The van der Waals surface area contributed by atoms with Crippen molar-refractivity contribution in [2.75, 3.05) is 12.3 Å². The number of rotatable bonds is 3. The van der Waals surface area contributed by atoms with Crippen molar-refractivity contribution in [2.45, 2.75) is 13.8 Å². The number of hydrogen-bond donors (Lipinski definition) is 1. The number of anilines is 1. The van der Waals surface area contributed by atoms with E-state index in [2.05, 4.69) is 10.1 Å². The van der Waals surface area contributed by atoms with Crippen LogP contribution in [0.15, 0.2) is 24.5 Å². The second kappa shape index (κ2) is 4.87. The number of nitrogens with two attached hydrogens (primary N) is 1. The van der Waals surface area contributed by atoms with Crippen molar-refractivity contribution in [1.82, 2.24) is 14.8 Å². The Labute approximate surface area is 104 Å². The average molecular weight is 246 g/mol. The van der Waals surface area contributed by atoms with Crippen LogP contribution in [0.25, 0.3) is 5.69 Å². The fourth-order valence-electron chi connectivity index (χ4n) is 1.55. The minimum atomic E-state index is -0.514. The van der Waals surface area contributed by atoms with Gasteiger partial charge in [-0.15, -0.1) is 0 Å². The Balaban J connectivity index is 2.37. The fourth-order valence-corrected chi connectivity index (χ4v) is 1.55. The van der Waals surface area contributed by atoms with Crippen LogP contribution in [0.5, 0.6) is 0 Å². The molecule has 0 unspecified atom stereocenters. The zero-order valence-electron chi connectivity index (χ0n) is 10.3. The Hall–Kier alpha value is -2.37. The number of aryl methyl sites for hydroxylation is 1. The van der Waals surface area contributed by atoms with Crippen LogP contribution < -0.4 is 5.73 Å². The van der Waals surface area contributed by atoms with Gasteiger partial charge in [-0.2, -0.15) is 5.10 Å². The van der Waals surface area contributed by atoms with E-state index < -0.39 is 5.97 Å². The van der Waals surface area contributed by atoms with Gasteiger partial charge in [0, 0.05) is 11.9 Å². The van der Waals surface area contributed by atoms with E-state index in [-0.39, 0.29) is 5.69 Å². The van der Waals surface area contributed by atoms with Gasteiger partial charge >= 0.3 is 5.97 Å². The maximum atomic E-state index is 11.6. The molecule has 94 valence electrons. The van der Waals surface area contributed by atoms with Crippen LogP contribution >= 0.6 is 0 Å². The first-order valence-electron chi connectivity index (χ1n) is 5.57. The second-order valence-electron chi connectivity index (χ2n) is 3.75. The molecule has 0 bridgehead atoms. The van der Waals surface area contributed by atoms with Gasteiger partial charge in [0.05, 0.1) is 24.2 Å². The van der Waals surface area contributed by atoms with Gasteiger partial charge in [-0.25, -0.2) is 9.48 Å². The molecule has 0 fully saturated rings. The monoisotopic (exact) mass is 246 g/mol. The number of aromatic nitrogens is 3. The lowest BCUT2D eigenvalue weighted by Gasteiger charge is -2.01. The summed E-state index contributed by atoms with van der Waals surface area (Å²) >= 11 is 0. The fraction of sp³-hybridized carbons (Fsp3) is 0.250. The zero-order valence-corrected chi connectivity index (χ0v) is 10.3. The Morgan fingerprint density at radius 2 is 2.33 bits per heavy atom.